The molecule has 10 heteroatoms. The molecule has 0 bridgehead atoms. The Labute approximate surface area is 193 Å². The van der Waals surface area contributed by atoms with Gasteiger partial charge in [-0.3, -0.25) is 9.59 Å². The van der Waals surface area contributed by atoms with Crippen LogP contribution in [0.15, 0.2) is 53.4 Å². The number of aryl methyl sites for hydroxylation is 1. The van der Waals surface area contributed by atoms with E-state index in [9.17, 15) is 18.0 Å². The van der Waals surface area contributed by atoms with Crippen molar-refractivity contribution < 1.29 is 18.0 Å². The molecule has 1 N–H and O–H groups in total. The van der Waals surface area contributed by atoms with Crippen LogP contribution in [-0.4, -0.2) is 65.2 Å². The molecule has 0 radical (unpaired) electrons. The molecule has 2 heterocycles. The molecule has 2 aromatic carbocycles. The second kappa shape index (κ2) is 9.32. The number of hydrogen-bond acceptors (Lipinski definition) is 5. The van der Waals surface area contributed by atoms with E-state index >= 15 is 0 Å². The minimum atomic E-state index is -3.76. The second-order valence-electron chi connectivity index (χ2n) is 7.88. The van der Waals surface area contributed by atoms with Gasteiger partial charge in [-0.1, -0.05) is 18.2 Å². The van der Waals surface area contributed by atoms with Crippen LogP contribution in [0.5, 0.6) is 0 Å². The van der Waals surface area contributed by atoms with Crippen LogP contribution in [0.4, 0.5) is 0 Å². The molecular weight excluding hydrogens is 442 g/mol. The standard InChI is InChI=1S/C23H27N5O4S/c1-3-28-21-10-5-4-9-20(21)25-22(28)16-24-23(30)18-7-6-8-19(15-18)33(31,32)27-13-11-26(12-14-27)17(2)29/h4-10,15H,3,11-14,16H2,1-2H3,(H,24,30). The maximum atomic E-state index is 13.1. The summed E-state index contributed by atoms with van der Waals surface area (Å²) in [5.41, 5.74) is 2.13. The number of imidazole rings is 1. The Balaban J connectivity index is 1.48. The van der Waals surface area contributed by atoms with Crippen molar-refractivity contribution in [3.05, 3.63) is 59.9 Å². The number of carbonyl (C=O) groups excluding carboxylic acids is 2. The quantitative estimate of drug-likeness (QED) is 0.593. The van der Waals surface area contributed by atoms with Crippen LogP contribution in [0.1, 0.15) is 30.0 Å². The fourth-order valence-electron chi connectivity index (χ4n) is 4.06. The Kier molecular flexibility index (Phi) is 6.48. The molecule has 1 aliphatic heterocycles. The molecule has 9 nitrogen and oxygen atoms in total. The average molecular weight is 470 g/mol. The van der Waals surface area contributed by atoms with E-state index in [1.165, 1.54) is 23.4 Å². The molecule has 33 heavy (non-hydrogen) atoms. The van der Waals surface area contributed by atoms with Crippen molar-refractivity contribution in [1.29, 1.82) is 0 Å². The first-order valence-corrected chi connectivity index (χ1v) is 12.3. The van der Waals surface area contributed by atoms with Crippen molar-refractivity contribution in [3.8, 4) is 0 Å². The maximum Gasteiger partial charge on any atom is 0.251 e. The summed E-state index contributed by atoms with van der Waals surface area (Å²) in [6.45, 7) is 5.60. The molecule has 1 aromatic heterocycles. The van der Waals surface area contributed by atoms with Crippen LogP contribution >= 0.6 is 0 Å². The zero-order valence-corrected chi connectivity index (χ0v) is 19.5. The van der Waals surface area contributed by atoms with Gasteiger partial charge in [0.05, 0.1) is 22.5 Å². The third-order valence-corrected chi connectivity index (χ3v) is 7.77. The summed E-state index contributed by atoms with van der Waals surface area (Å²) < 4.78 is 29.5. The summed E-state index contributed by atoms with van der Waals surface area (Å²) in [6, 6.07) is 13.8. The summed E-state index contributed by atoms with van der Waals surface area (Å²) in [4.78, 5) is 30.6. The van der Waals surface area contributed by atoms with Gasteiger partial charge in [-0.15, -0.1) is 0 Å². The molecule has 0 saturated carbocycles. The first-order valence-electron chi connectivity index (χ1n) is 10.9. The molecule has 0 unspecified atom stereocenters. The molecule has 1 saturated heterocycles. The lowest BCUT2D eigenvalue weighted by Crippen LogP contribution is -2.49. The number of fused-ring (bicyclic) bond motifs is 1. The predicted octanol–water partition coefficient (Wildman–Crippen LogP) is 1.84. The summed E-state index contributed by atoms with van der Waals surface area (Å²) in [6.07, 6.45) is 0. The number of hydrogen-bond donors (Lipinski definition) is 1. The highest BCUT2D eigenvalue weighted by Gasteiger charge is 2.29. The molecule has 0 atom stereocenters. The summed E-state index contributed by atoms with van der Waals surface area (Å²) in [7, 11) is -3.76. The van der Waals surface area contributed by atoms with Crippen molar-refractivity contribution in [1.82, 2.24) is 24.1 Å². The molecule has 4 rings (SSSR count). The average Bonchev–Trinajstić information content (AvgIpc) is 3.20. The number of piperazine rings is 1. The molecule has 1 aliphatic rings. The number of benzene rings is 2. The molecule has 0 aliphatic carbocycles. The van der Waals surface area contributed by atoms with Gasteiger partial charge in [-0.2, -0.15) is 4.31 Å². The topological polar surface area (TPSA) is 105 Å². The fourth-order valence-corrected chi connectivity index (χ4v) is 5.53. The largest absolute Gasteiger partial charge is 0.345 e. The molecular formula is C23H27N5O4S. The number of nitrogens with one attached hydrogen (secondary N) is 1. The van der Waals surface area contributed by atoms with Gasteiger partial charge in [0, 0.05) is 45.2 Å². The van der Waals surface area contributed by atoms with Gasteiger partial charge in [-0.05, 0) is 37.3 Å². The highest BCUT2D eigenvalue weighted by atomic mass is 32.2. The van der Waals surface area contributed by atoms with E-state index in [2.05, 4.69) is 10.3 Å². The fraction of sp³-hybridized carbons (Fsp3) is 0.348. The van der Waals surface area contributed by atoms with Crippen LogP contribution in [0.3, 0.4) is 0 Å². The van der Waals surface area contributed by atoms with Crippen molar-refractivity contribution >= 4 is 32.9 Å². The predicted molar refractivity (Wildman–Crippen MR) is 124 cm³/mol. The molecule has 3 aromatic rings. The third-order valence-electron chi connectivity index (χ3n) is 5.87. The maximum absolute atomic E-state index is 13.1. The SMILES string of the molecule is CCn1c(CNC(=O)c2cccc(S(=O)(=O)N3CCN(C(C)=O)CC3)c2)nc2ccccc21. The van der Waals surface area contributed by atoms with Gasteiger partial charge in [0.25, 0.3) is 5.91 Å². The smallest absolute Gasteiger partial charge is 0.251 e. The highest BCUT2D eigenvalue weighted by molar-refractivity contribution is 7.89. The summed E-state index contributed by atoms with van der Waals surface area (Å²) >= 11 is 0. The van der Waals surface area contributed by atoms with Crippen LogP contribution in [-0.2, 0) is 27.9 Å². The van der Waals surface area contributed by atoms with E-state index in [4.69, 9.17) is 0 Å². The van der Waals surface area contributed by atoms with Gasteiger partial charge >= 0.3 is 0 Å². The first kappa shape index (κ1) is 22.9. The van der Waals surface area contributed by atoms with E-state index in [1.807, 2.05) is 35.8 Å². The van der Waals surface area contributed by atoms with E-state index in [0.717, 1.165) is 23.4 Å². The Morgan fingerprint density at radius 3 is 2.45 bits per heavy atom. The zero-order valence-electron chi connectivity index (χ0n) is 18.7. The van der Waals surface area contributed by atoms with Crippen LogP contribution in [0.25, 0.3) is 11.0 Å². The van der Waals surface area contributed by atoms with Crippen LogP contribution < -0.4 is 5.32 Å². The summed E-state index contributed by atoms with van der Waals surface area (Å²) in [5, 5.41) is 2.85. The van der Waals surface area contributed by atoms with Crippen LogP contribution in [0, 0.1) is 0 Å². The number of sulfonamides is 1. The van der Waals surface area contributed by atoms with Gasteiger partial charge in [0.1, 0.15) is 5.82 Å². The van der Waals surface area contributed by atoms with E-state index in [1.54, 1.807) is 17.0 Å². The third kappa shape index (κ3) is 4.62. The molecule has 1 fully saturated rings. The van der Waals surface area contributed by atoms with Gasteiger partial charge < -0.3 is 14.8 Å². The van der Waals surface area contributed by atoms with Gasteiger partial charge in [0.15, 0.2) is 0 Å². The number of amides is 2. The minimum absolute atomic E-state index is 0.0622. The number of nitrogens with zero attached hydrogens (tertiary/aromatic N) is 4. The Bertz CT molecular complexity index is 1290. The van der Waals surface area contributed by atoms with Crippen molar-refractivity contribution in [2.75, 3.05) is 26.2 Å². The lowest BCUT2D eigenvalue weighted by atomic mass is 10.2. The Morgan fingerprint density at radius 2 is 1.76 bits per heavy atom. The first-order chi connectivity index (χ1) is 15.8. The molecule has 0 spiro atoms. The number of para-hydroxylation sites is 2. The number of rotatable bonds is 6. The van der Waals surface area contributed by atoms with E-state index in [-0.39, 0.29) is 41.9 Å². The normalized spacial score (nSPS) is 15.0. The minimum Gasteiger partial charge on any atom is -0.345 e. The number of carbonyl (C=O) groups is 2. The summed E-state index contributed by atoms with van der Waals surface area (Å²) in [5.74, 6) is 0.296. The molecule has 174 valence electrons. The number of aromatic nitrogens is 2. The van der Waals surface area contributed by atoms with Gasteiger partial charge in [0.2, 0.25) is 15.9 Å². The lowest BCUT2D eigenvalue weighted by molar-refractivity contribution is -0.129. The Morgan fingerprint density at radius 1 is 1.03 bits per heavy atom. The van der Waals surface area contributed by atoms with E-state index in [0.29, 0.717) is 13.1 Å². The van der Waals surface area contributed by atoms with E-state index < -0.39 is 10.0 Å². The highest BCUT2D eigenvalue weighted by Crippen LogP contribution is 2.20. The van der Waals surface area contributed by atoms with Crippen LogP contribution in [0.2, 0.25) is 0 Å². The Hall–Kier alpha value is -3.24. The van der Waals surface area contributed by atoms with Crippen molar-refractivity contribution in [2.45, 2.75) is 31.8 Å². The second-order valence-corrected chi connectivity index (χ2v) is 9.82. The van der Waals surface area contributed by atoms with Crippen molar-refractivity contribution in [2.24, 2.45) is 0 Å². The van der Waals surface area contributed by atoms with Gasteiger partial charge in [-0.25, -0.2) is 13.4 Å². The zero-order chi connectivity index (χ0) is 23.6. The monoisotopic (exact) mass is 469 g/mol. The lowest BCUT2D eigenvalue weighted by Gasteiger charge is -2.33. The molecule has 2 amide bonds. The van der Waals surface area contributed by atoms with Crippen molar-refractivity contribution in [3.63, 3.8) is 0 Å².